The molecule has 0 aliphatic carbocycles. The van der Waals surface area contributed by atoms with Crippen LogP contribution in [0.1, 0.15) is 45.2 Å². The minimum Gasteiger partial charge on any atom is -0.493 e. The zero-order chi connectivity index (χ0) is 23.2. The highest BCUT2D eigenvalue weighted by Gasteiger charge is 2.13. The van der Waals surface area contributed by atoms with E-state index in [4.69, 9.17) is 13.9 Å². The van der Waals surface area contributed by atoms with Gasteiger partial charge in [0, 0.05) is 13.0 Å². The molecule has 4 rings (SSSR count). The van der Waals surface area contributed by atoms with E-state index in [1.807, 2.05) is 61.5 Å². The molecule has 0 bridgehead atoms. The van der Waals surface area contributed by atoms with Crippen molar-refractivity contribution in [3.05, 3.63) is 66.4 Å². The van der Waals surface area contributed by atoms with E-state index in [0.29, 0.717) is 35.3 Å². The summed E-state index contributed by atoms with van der Waals surface area (Å²) in [5.41, 5.74) is 2.91. The molecule has 7 nitrogen and oxygen atoms in total. The number of aromatic nitrogens is 2. The number of hydrogen-bond acceptors (Lipinski definition) is 6. The number of oxazole rings is 1. The summed E-state index contributed by atoms with van der Waals surface area (Å²) in [4.78, 5) is 20.3. The first-order valence-electron chi connectivity index (χ1n) is 11.1. The lowest BCUT2D eigenvalue weighted by Crippen LogP contribution is -2.23. The number of nitrogens with zero attached hydrogens (tertiary/aromatic N) is 2. The molecule has 0 fully saturated rings. The number of nitrogens with one attached hydrogen (secondary N) is 1. The lowest BCUT2D eigenvalue weighted by atomic mass is 10.1. The summed E-state index contributed by atoms with van der Waals surface area (Å²) in [7, 11) is 0. The van der Waals surface area contributed by atoms with E-state index >= 15 is 0 Å². The van der Waals surface area contributed by atoms with Crippen LogP contribution in [0.25, 0.3) is 22.7 Å². The van der Waals surface area contributed by atoms with Crippen molar-refractivity contribution in [2.45, 2.75) is 39.7 Å². The van der Waals surface area contributed by atoms with Gasteiger partial charge in [-0.15, -0.1) is 0 Å². The highest BCUT2D eigenvalue weighted by molar-refractivity contribution is 5.77. The predicted molar refractivity (Wildman–Crippen MR) is 126 cm³/mol. The van der Waals surface area contributed by atoms with Crippen molar-refractivity contribution in [2.24, 2.45) is 0 Å². The number of unbranched alkanes of at least 4 members (excludes halogenated alkanes) is 1. The third-order valence-corrected chi connectivity index (χ3v) is 5.10. The fourth-order valence-electron chi connectivity index (χ4n) is 3.37. The lowest BCUT2D eigenvalue weighted by Gasteiger charge is -2.12. The van der Waals surface area contributed by atoms with Gasteiger partial charge in [-0.1, -0.05) is 25.5 Å². The zero-order valence-electron chi connectivity index (χ0n) is 19.0. The van der Waals surface area contributed by atoms with Gasteiger partial charge in [0.15, 0.2) is 5.58 Å². The Morgan fingerprint density at radius 2 is 1.94 bits per heavy atom. The van der Waals surface area contributed by atoms with Crippen LogP contribution in [0.4, 0.5) is 0 Å². The summed E-state index contributed by atoms with van der Waals surface area (Å²) < 4.78 is 17.6. The van der Waals surface area contributed by atoms with E-state index in [2.05, 4.69) is 22.2 Å². The Balaban J connectivity index is 1.46. The quantitative estimate of drug-likeness (QED) is 0.315. The first-order valence-corrected chi connectivity index (χ1v) is 11.1. The maximum absolute atomic E-state index is 11.3. The normalized spacial score (nSPS) is 11.8. The molecule has 1 atom stereocenters. The molecule has 2 heterocycles. The third-order valence-electron chi connectivity index (χ3n) is 5.10. The number of carbonyl (C=O) groups excluding carboxylic acids is 1. The summed E-state index contributed by atoms with van der Waals surface area (Å²) in [5.74, 6) is 2.41. The Labute approximate surface area is 192 Å². The first kappa shape index (κ1) is 22.3. The van der Waals surface area contributed by atoms with Crippen LogP contribution < -0.4 is 14.8 Å². The SMILES string of the molecule is CCCCOc1cccc(Oc2ccc(-c3nc4ccc(C(C)NC(C)=O)cc4o3)nc2)c1. The van der Waals surface area contributed by atoms with E-state index < -0.39 is 0 Å². The van der Waals surface area contributed by atoms with E-state index in [-0.39, 0.29) is 11.9 Å². The van der Waals surface area contributed by atoms with Crippen LogP contribution >= 0.6 is 0 Å². The first-order chi connectivity index (χ1) is 16.0. The van der Waals surface area contributed by atoms with Crippen LogP contribution in [0.5, 0.6) is 17.2 Å². The third kappa shape index (κ3) is 5.68. The molecular formula is C26H27N3O4. The van der Waals surface area contributed by atoms with Crippen LogP contribution in [-0.2, 0) is 4.79 Å². The Morgan fingerprint density at radius 1 is 1.09 bits per heavy atom. The van der Waals surface area contributed by atoms with Gasteiger partial charge in [-0.2, -0.15) is 0 Å². The van der Waals surface area contributed by atoms with Crippen molar-refractivity contribution in [3.63, 3.8) is 0 Å². The predicted octanol–water partition coefficient (Wildman–Crippen LogP) is 6.06. The molecule has 0 saturated heterocycles. The van der Waals surface area contributed by atoms with Crippen LogP contribution in [0.3, 0.4) is 0 Å². The summed E-state index contributed by atoms with van der Waals surface area (Å²) in [6.07, 6.45) is 3.74. The highest BCUT2D eigenvalue weighted by Crippen LogP contribution is 2.29. The molecule has 33 heavy (non-hydrogen) atoms. The Kier molecular flexibility index (Phi) is 6.88. The molecule has 0 aliphatic rings. The molecule has 0 spiro atoms. The molecule has 4 aromatic rings. The molecule has 170 valence electrons. The van der Waals surface area contributed by atoms with E-state index in [1.165, 1.54) is 6.92 Å². The van der Waals surface area contributed by atoms with Crippen molar-refractivity contribution in [2.75, 3.05) is 6.61 Å². The molecule has 1 N–H and O–H groups in total. The molecule has 1 amide bonds. The number of carbonyl (C=O) groups is 1. The Bertz CT molecular complexity index is 1230. The van der Waals surface area contributed by atoms with Gasteiger partial charge < -0.3 is 19.2 Å². The summed E-state index contributed by atoms with van der Waals surface area (Å²) >= 11 is 0. The lowest BCUT2D eigenvalue weighted by molar-refractivity contribution is -0.119. The molecule has 1 unspecified atom stereocenters. The topological polar surface area (TPSA) is 86.5 Å². The minimum absolute atomic E-state index is 0.0805. The summed E-state index contributed by atoms with van der Waals surface area (Å²) in [5, 5.41) is 2.87. The second-order valence-electron chi connectivity index (χ2n) is 7.83. The minimum atomic E-state index is -0.120. The van der Waals surface area contributed by atoms with Crippen molar-refractivity contribution in [1.82, 2.24) is 15.3 Å². The van der Waals surface area contributed by atoms with Crippen LogP contribution in [0, 0.1) is 0 Å². The largest absolute Gasteiger partial charge is 0.493 e. The number of ether oxygens (including phenoxy) is 2. The molecule has 0 saturated carbocycles. The Morgan fingerprint density at radius 3 is 2.70 bits per heavy atom. The second kappa shape index (κ2) is 10.2. The number of rotatable bonds is 9. The van der Waals surface area contributed by atoms with Gasteiger partial charge in [-0.05, 0) is 55.3 Å². The fourth-order valence-corrected chi connectivity index (χ4v) is 3.37. The maximum Gasteiger partial charge on any atom is 0.246 e. The Hall–Kier alpha value is -3.87. The van der Waals surface area contributed by atoms with E-state index in [0.717, 1.165) is 29.7 Å². The maximum atomic E-state index is 11.3. The van der Waals surface area contributed by atoms with Crippen molar-refractivity contribution >= 4 is 17.0 Å². The van der Waals surface area contributed by atoms with E-state index in [9.17, 15) is 4.79 Å². The van der Waals surface area contributed by atoms with Gasteiger partial charge in [-0.3, -0.25) is 4.79 Å². The van der Waals surface area contributed by atoms with E-state index in [1.54, 1.807) is 6.20 Å². The molecular weight excluding hydrogens is 418 g/mol. The van der Waals surface area contributed by atoms with Crippen LogP contribution in [-0.4, -0.2) is 22.5 Å². The number of pyridine rings is 1. The molecule has 2 aromatic carbocycles. The number of amides is 1. The number of hydrogen-bond donors (Lipinski definition) is 1. The molecule has 2 aromatic heterocycles. The molecule has 0 aliphatic heterocycles. The van der Waals surface area contributed by atoms with Crippen molar-refractivity contribution < 1.29 is 18.7 Å². The van der Waals surface area contributed by atoms with Crippen molar-refractivity contribution in [1.29, 1.82) is 0 Å². The second-order valence-corrected chi connectivity index (χ2v) is 7.83. The average molecular weight is 446 g/mol. The monoisotopic (exact) mass is 445 g/mol. The van der Waals surface area contributed by atoms with Gasteiger partial charge in [0.2, 0.25) is 11.8 Å². The summed E-state index contributed by atoms with van der Waals surface area (Å²) in [6.45, 7) is 6.24. The molecule has 0 radical (unpaired) electrons. The smallest absolute Gasteiger partial charge is 0.246 e. The van der Waals surface area contributed by atoms with Gasteiger partial charge in [-0.25, -0.2) is 9.97 Å². The van der Waals surface area contributed by atoms with Crippen molar-refractivity contribution in [3.8, 4) is 28.8 Å². The average Bonchev–Trinajstić information content (AvgIpc) is 3.23. The summed E-state index contributed by atoms with van der Waals surface area (Å²) in [6, 6.07) is 16.8. The fraction of sp³-hybridized carbons (Fsp3) is 0.269. The standard InChI is InChI=1S/C26H27N3O4/c1-4-5-13-31-20-7-6-8-21(15-20)32-22-10-12-24(27-16-22)26-29-23-11-9-19(14-25(23)33-26)17(2)28-18(3)30/h6-12,14-17H,4-5,13H2,1-3H3,(H,28,30). The number of fused-ring (bicyclic) bond motifs is 1. The van der Waals surface area contributed by atoms with Gasteiger partial charge in [0.05, 0.1) is 18.8 Å². The van der Waals surface area contributed by atoms with Crippen LogP contribution in [0.2, 0.25) is 0 Å². The van der Waals surface area contributed by atoms with Gasteiger partial charge in [0.25, 0.3) is 0 Å². The van der Waals surface area contributed by atoms with Crippen LogP contribution in [0.15, 0.2) is 65.2 Å². The highest BCUT2D eigenvalue weighted by atomic mass is 16.5. The van der Waals surface area contributed by atoms with Gasteiger partial charge in [0.1, 0.15) is 28.5 Å². The molecule has 7 heteroatoms. The zero-order valence-corrected chi connectivity index (χ0v) is 19.0. The number of benzene rings is 2. The van der Waals surface area contributed by atoms with Gasteiger partial charge >= 0.3 is 0 Å².